The molecule has 0 aliphatic heterocycles. The molecular formula is C15H13ClN2. The Labute approximate surface area is 112 Å². The molecule has 1 N–H and O–H groups in total. The monoisotopic (exact) mass is 256 g/mol. The lowest BCUT2D eigenvalue weighted by molar-refractivity contribution is 1.33. The number of nitrogens with one attached hydrogen (secondary N) is 1. The number of halogens is 1. The largest absolute Gasteiger partial charge is 0.355 e. The van der Waals surface area contributed by atoms with Crippen LogP contribution in [-0.4, -0.2) is 4.98 Å². The van der Waals surface area contributed by atoms with E-state index in [2.05, 4.69) is 52.8 Å². The number of anilines is 2. The van der Waals surface area contributed by atoms with Crippen molar-refractivity contribution in [2.45, 2.75) is 0 Å². The van der Waals surface area contributed by atoms with Crippen LogP contribution in [0.2, 0.25) is 0 Å². The number of hydrogen-bond acceptors (Lipinski definition) is 2. The molecule has 0 fully saturated rings. The Morgan fingerprint density at radius 1 is 0.778 bits per heavy atom. The summed E-state index contributed by atoms with van der Waals surface area (Å²) in [5.41, 5.74) is 2.17. The van der Waals surface area contributed by atoms with Gasteiger partial charge in [-0.2, -0.15) is 0 Å². The van der Waals surface area contributed by atoms with E-state index in [0.29, 0.717) is 0 Å². The molecule has 2 nitrogen and oxygen atoms in total. The second kappa shape index (κ2) is 5.52. The molecule has 0 amide bonds. The van der Waals surface area contributed by atoms with Gasteiger partial charge in [0, 0.05) is 29.2 Å². The molecule has 3 aromatic rings. The first-order valence-corrected chi connectivity index (χ1v) is 5.58. The second-order valence-corrected chi connectivity index (χ2v) is 3.89. The summed E-state index contributed by atoms with van der Waals surface area (Å²) >= 11 is 0. The Bertz CT molecular complexity index is 633. The Morgan fingerprint density at radius 3 is 2.33 bits per heavy atom. The number of nitrogens with zero attached hydrogens (tertiary/aromatic N) is 1. The normalized spacial score (nSPS) is 9.78. The number of hydrogen-bond donors (Lipinski definition) is 1. The molecule has 0 radical (unpaired) electrons. The zero-order valence-corrected chi connectivity index (χ0v) is 10.5. The molecule has 0 atom stereocenters. The van der Waals surface area contributed by atoms with Gasteiger partial charge in [-0.3, -0.25) is 4.98 Å². The summed E-state index contributed by atoms with van der Waals surface area (Å²) in [6.07, 6.45) is 3.57. The third-order valence-corrected chi connectivity index (χ3v) is 2.75. The topological polar surface area (TPSA) is 24.9 Å². The highest BCUT2D eigenvalue weighted by molar-refractivity contribution is 5.95. The fourth-order valence-electron chi connectivity index (χ4n) is 1.93. The standard InChI is InChI=1S/C15H12N2.ClH/c1-2-6-14-12(4-1)5-3-7-15(14)17-13-8-10-16-11-9-13;/h1-11H,(H,16,17);1H. The Balaban J connectivity index is 0.00000120. The lowest BCUT2D eigenvalue weighted by Gasteiger charge is -2.09. The van der Waals surface area contributed by atoms with Gasteiger partial charge in [-0.15, -0.1) is 12.4 Å². The van der Waals surface area contributed by atoms with Crippen LogP contribution in [0.25, 0.3) is 10.8 Å². The summed E-state index contributed by atoms with van der Waals surface area (Å²) in [6.45, 7) is 0. The maximum absolute atomic E-state index is 4.01. The second-order valence-electron chi connectivity index (χ2n) is 3.89. The van der Waals surface area contributed by atoms with Gasteiger partial charge in [-0.25, -0.2) is 0 Å². The van der Waals surface area contributed by atoms with Gasteiger partial charge in [0.25, 0.3) is 0 Å². The minimum absolute atomic E-state index is 0. The summed E-state index contributed by atoms with van der Waals surface area (Å²) in [5.74, 6) is 0. The molecule has 0 saturated heterocycles. The van der Waals surface area contributed by atoms with E-state index >= 15 is 0 Å². The maximum Gasteiger partial charge on any atom is 0.0463 e. The number of benzene rings is 2. The summed E-state index contributed by atoms with van der Waals surface area (Å²) in [7, 11) is 0. The van der Waals surface area contributed by atoms with E-state index in [9.17, 15) is 0 Å². The third-order valence-electron chi connectivity index (χ3n) is 2.75. The number of aromatic nitrogens is 1. The maximum atomic E-state index is 4.01. The molecule has 1 heterocycles. The van der Waals surface area contributed by atoms with E-state index in [1.165, 1.54) is 10.8 Å². The van der Waals surface area contributed by atoms with Gasteiger partial charge in [0.1, 0.15) is 0 Å². The van der Waals surface area contributed by atoms with Crippen LogP contribution in [0, 0.1) is 0 Å². The molecule has 0 bridgehead atoms. The van der Waals surface area contributed by atoms with Gasteiger partial charge >= 0.3 is 0 Å². The van der Waals surface area contributed by atoms with E-state index in [-0.39, 0.29) is 12.4 Å². The van der Waals surface area contributed by atoms with Crippen molar-refractivity contribution in [2.75, 3.05) is 5.32 Å². The Morgan fingerprint density at radius 2 is 1.50 bits per heavy atom. The van der Waals surface area contributed by atoms with Crippen molar-refractivity contribution in [3.05, 3.63) is 67.0 Å². The van der Waals surface area contributed by atoms with Crippen LogP contribution < -0.4 is 5.32 Å². The zero-order chi connectivity index (χ0) is 11.5. The van der Waals surface area contributed by atoms with E-state index in [0.717, 1.165) is 11.4 Å². The lowest BCUT2D eigenvalue weighted by Crippen LogP contribution is -1.91. The van der Waals surface area contributed by atoms with Crippen molar-refractivity contribution in [2.24, 2.45) is 0 Å². The summed E-state index contributed by atoms with van der Waals surface area (Å²) in [6, 6.07) is 18.5. The van der Waals surface area contributed by atoms with Crippen molar-refractivity contribution in [3.8, 4) is 0 Å². The van der Waals surface area contributed by atoms with Crippen LogP contribution in [0.5, 0.6) is 0 Å². The Kier molecular flexibility index (Phi) is 3.80. The number of pyridine rings is 1. The summed E-state index contributed by atoms with van der Waals surface area (Å²) in [5, 5.41) is 5.88. The first-order chi connectivity index (χ1) is 8.43. The molecule has 90 valence electrons. The van der Waals surface area contributed by atoms with Crippen molar-refractivity contribution in [1.82, 2.24) is 4.98 Å². The van der Waals surface area contributed by atoms with E-state index in [4.69, 9.17) is 0 Å². The van der Waals surface area contributed by atoms with E-state index in [1.54, 1.807) is 12.4 Å². The van der Waals surface area contributed by atoms with Crippen LogP contribution in [0.4, 0.5) is 11.4 Å². The van der Waals surface area contributed by atoms with E-state index in [1.807, 2.05) is 12.1 Å². The van der Waals surface area contributed by atoms with Gasteiger partial charge < -0.3 is 5.32 Å². The molecule has 0 spiro atoms. The van der Waals surface area contributed by atoms with Crippen molar-refractivity contribution < 1.29 is 0 Å². The van der Waals surface area contributed by atoms with Crippen molar-refractivity contribution in [3.63, 3.8) is 0 Å². The summed E-state index contributed by atoms with van der Waals surface area (Å²) in [4.78, 5) is 4.01. The zero-order valence-electron chi connectivity index (χ0n) is 9.71. The minimum Gasteiger partial charge on any atom is -0.355 e. The fourth-order valence-corrected chi connectivity index (χ4v) is 1.93. The fraction of sp³-hybridized carbons (Fsp3) is 0. The van der Waals surface area contributed by atoms with Gasteiger partial charge in [0.15, 0.2) is 0 Å². The van der Waals surface area contributed by atoms with E-state index < -0.39 is 0 Å². The molecule has 2 aromatic carbocycles. The smallest absolute Gasteiger partial charge is 0.0463 e. The van der Waals surface area contributed by atoms with Gasteiger partial charge in [-0.05, 0) is 23.6 Å². The quantitative estimate of drug-likeness (QED) is 0.735. The van der Waals surface area contributed by atoms with Gasteiger partial charge in [-0.1, -0.05) is 36.4 Å². The molecule has 0 aliphatic carbocycles. The highest BCUT2D eigenvalue weighted by Gasteiger charge is 1.99. The SMILES string of the molecule is Cl.c1ccc2c(Nc3ccncc3)cccc2c1. The summed E-state index contributed by atoms with van der Waals surface area (Å²) < 4.78 is 0. The molecular weight excluding hydrogens is 244 g/mol. The molecule has 0 unspecified atom stereocenters. The van der Waals surface area contributed by atoms with Crippen LogP contribution >= 0.6 is 12.4 Å². The van der Waals surface area contributed by atoms with Crippen LogP contribution in [-0.2, 0) is 0 Å². The predicted octanol–water partition coefficient (Wildman–Crippen LogP) is 4.40. The van der Waals surface area contributed by atoms with Crippen molar-refractivity contribution in [1.29, 1.82) is 0 Å². The minimum atomic E-state index is 0. The number of rotatable bonds is 2. The molecule has 18 heavy (non-hydrogen) atoms. The average Bonchev–Trinajstić information content (AvgIpc) is 2.40. The lowest BCUT2D eigenvalue weighted by atomic mass is 10.1. The van der Waals surface area contributed by atoms with Gasteiger partial charge in [0.05, 0.1) is 0 Å². The van der Waals surface area contributed by atoms with Crippen molar-refractivity contribution >= 4 is 34.6 Å². The third kappa shape index (κ3) is 2.44. The molecule has 3 rings (SSSR count). The molecule has 1 aromatic heterocycles. The highest BCUT2D eigenvalue weighted by Crippen LogP contribution is 2.25. The number of fused-ring (bicyclic) bond motifs is 1. The first kappa shape index (κ1) is 12.4. The van der Waals surface area contributed by atoms with Crippen LogP contribution in [0.15, 0.2) is 67.0 Å². The first-order valence-electron chi connectivity index (χ1n) is 5.58. The molecule has 3 heteroatoms. The average molecular weight is 257 g/mol. The van der Waals surface area contributed by atoms with Gasteiger partial charge in [0.2, 0.25) is 0 Å². The molecule has 0 saturated carbocycles. The van der Waals surface area contributed by atoms with Crippen LogP contribution in [0.3, 0.4) is 0 Å². The predicted molar refractivity (Wildman–Crippen MR) is 78.7 cm³/mol. The molecule has 0 aliphatic rings. The highest BCUT2D eigenvalue weighted by atomic mass is 35.5. The van der Waals surface area contributed by atoms with Crippen LogP contribution in [0.1, 0.15) is 0 Å². The Hall–Kier alpha value is -2.06.